The first-order chi connectivity index (χ1) is 16.6. The first kappa shape index (κ1) is 23.7. The second-order valence-corrected chi connectivity index (χ2v) is 8.07. The van der Waals surface area contributed by atoms with E-state index < -0.39 is 6.10 Å². The van der Waals surface area contributed by atoms with E-state index >= 15 is 0 Å². The Balaban J connectivity index is 1.54. The van der Waals surface area contributed by atoms with Crippen LogP contribution in [-0.2, 0) is 4.74 Å². The SMILES string of the molecule is C=C/C=C(\C=C/C)n1cc(-c2ccc(OCC(O)CN3CCOCC3)cc2)c2nc[nH]c(=O)c21. The lowest BCUT2D eigenvalue weighted by Crippen LogP contribution is -2.42. The summed E-state index contributed by atoms with van der Waals surface area (Å²) in [6.45, 7) is 9.53. The molecule has 3 heterocycles. The largest absolute Gasteiger partial charge is 0.491 e. The number of aliphatic hydroxyl groups is 1. The fourth-order valence-corrected chi connectivity index (χ4v) is 4.05. The van der Waals surface area contributed by atoms with Crippen molar-refractivity contribution in [2.45, 2.75) is 13.0 Å². The van der Waals surface area contributed by atoms with Crippen molar-refractivity contribution in [1.82, 2.24) is 19.4 Å². The lowest BCUT2D eigenvalue weighted by Gasteiger charge is -2.28. The smallest absolute Gasteiger partial charge is 0.275 e. The van der Waals surface area contributed by atoms with Crippen LogP contribution in [0.2, 0.25) is 0 Å². The Bertz CT molecular complexity index is 1230. The third-order valence-electron chi connectivity index (χ3n) is 5.67. The Morgan fingerprint density at radius 3 is 2.79 bits per heavy atom. The number of fused-ring (bicyclic) bond motifs is 1. The zero-order valence-electron chi connectivity index (χ0n) is 19.3. The molecule has 8 heteroatoms. The monoisotopic (exact) mass is 462 g/mol. The molecule has 34 heavy (non-hydrogen) atoms. The summed E-state index contributed by atoms with van der Waals surface area (Å²) in [5, 5.41) is 10.3. The molecule has 1 atom stereocenters. The first-order valence-corrected chi connectivity index (χ1v) is 11.4. The molecule has 3 aromatic rings. The van der Waals surface area contributed by atoms with Crippen LogP contribution < -0.4 is 10.3 Å². The molecule has 2 aromatic heterocycles. The molecule has 1 fully saturated rings. The zero-order chi connectivity index (χ0) is 23.9. The van der Waals surface area contributed by atoms with Gasteiger partial charge in [0.05, 0.1) is 19.5 Å². The van der Waals surface area contributed by atoms with Crippen molar-refractivity contribution in [3.8, 4) is 16.9 Å². The van der Waals surface area contributed by atoms with Gasteiger partial charge in [-0.1, -0.05) is 30.9 Å². The summed E-state index contributed by atoms with van der Waals surface area (Å²) in [6, 6.07) is 7.58. The quantitative estimate of drug-likeness (QED) is 0.475. The summed E-state index contributed by atoms with van der Waals surface area (Å²) in [6.07, 6.45) is 10.1. The maximum Gasteiger partial charge on any atom is 0.275 e. The fraction of sp³-hybridized carbons (Fsp3) is 0.308. The number of H-pyrrole nitrogens is 1. The molecule has 2 N–H and O–H groups in total. The number of nitrogens with zero attached hydrogens (tertiary/aromatic N) is 3. The second-order valence-electron chi connectivity index (χ2n) is 8.07. The van der Waals surface area contributed by atoms with Gasteiger partial charge in [-0.15, -0.1) is 0 Å². The van der Waals surface area contributed by atoms with E-state index in [1.165, 1.54) is 6.33 Å². The highest BCUT2D eigenvalue weighted by molar-refractivity contribution is 5.95. The van der Waals surface area contributed by atoms with Crippen LogP contribution in [0.1, 0.15) is 6.92 Å². The Morgan fingerprint density at radius 1 is 1.32 bits per heavy atom. The molecule has 1 unspecified atom stereocenters. The summed E-state index contributed by atoms with van der Waals surface area (Å²) in [7, 11) is 0. The van der Waals surface area contributed by atoms with E-state index in [2.05, 4.69) is 21.4 Å². The summed E-state index contributed by atoms with van der Waals surface area (Å²) in [4.78, 5) is 21.9. The number of ether oxygens (including phenoxy) is 2. The Morgan fingerprint density at radius 2 is 2.09 bits per heavy atom. The maximum atomic E-state index is 12.7. The molecule has 0 spiro atoms. The van der Waals surface area contributed by atoms with Crippen LogP contribution in [0, 0.1) is 0 Å². The molecule has 8 nitrogen and oxygen atoms in total. The molecule has 1 aromatic carbocycles. The molecule has 0 aliphatic carbocycles. The van der Waals surface area contributed by atoms with Crippen molar-refractivity contribution in [3.63, 3.8) is 0 Å². The van der Waals surface area contributed by atoms with E-state index in [4.69, 9.17) is 9.47 Å². The minimum absolute atomic E-state index is 0.214. The number of hydrogen-bond donors (Lipinski definition) is 2. The van der Waals surface area contributed by atoms with Crippen molar-refractivity contribution in [2.75, 3.05) is 39.5 Å². The third-order valence-corrected chi connectivity index (χ3v) is 5.67. The molecule has 0 saturated carbocycles. The molecule has 1 aliphatic rings. The van der Waals surface area contributed by atoms with Gasteiger partial charge < -0.3 is 24.1 Å². The number of β-amino-alcohol motifs (C(OH)–C–C–N with tert-alkyl or cyclic N) is 1. The molecule has 4 rings (SSSR count). The van der Waals surface area contributed by atoms with Crippen LogP contribution in [0.15, 0.2) is 72.5 Å². The summed E-state index contributed by atoms with van der Waals surface area (Å²) >= 11 is 0. The normalized spacial score (nSPS) is 16.2. The minimum Gasteiger partial charge on any atom is -0.491 e. The molecule has 1 aliphatic heterocycles. The second kappa shape index (κ2) is 11.1. The van der Waals surface area contributed by atoms with Crippen molar-refractivity contribution in [3.05, 3.63) is 78.0 Å². The van der Waals surface area contributed by atoms with Crippen molar-refractivity contribution >= 4 is 16.7 Å². The summed E-state index contributed by atoms with van der Waals surface area (Å²) in [5.41, 5.74) is 3.40. The lowest BCUT2D eigenvalue weighted by atomic mass is 10.1. The maximum absolute atomic E-state index is 12.7. The number of rotatable bonds is 9. The van der Waals surface area contributed by atoms with Gasteiger partial charge in [-0.05, 0) is 36.8 Å². The fourth-order valence-electron chi connectivity index (χ4n) is 4.05. The average molecular weight is 463 g/mol. The Hall–Kier alpha value is -3.46. The number of benzene rings is 1. The minimum atomic E-state index is -0.576. The zero-order valence-corrected chi connectivity index (χ0v) is 19.3. The van der Waals surface area contributed by atoms with Crippen molar-refractivity contribution in [2.24, 2.45) is 0 Å². The number of allylic oxidation sites excluding steroid dienone is 5. The average Bonchev–Trinajstić information content (AvgIpc) is 3.24. The number of hydrogen-bond acceptors (Lipinski definition) is 6. The number of aromatic nitrogens is 3. The van der Waals surface area contributed by atoms with Crippen LogP contribution >= 0.6 is 0 Å². The van der Waals surface area contributed by atoms with Gasteiger partial charge in [-0.25, -0.2) is 4.98 Å². The molecule has 1 saturated heterocycles. The number of aliphatic hydroxyl groups excluding tert-OH is 1. The van der Waals surface area contributed by atoms with Gasteiger partial charge in [0.15, 0.2) is 0 Å². The molecular weight excluding hydrogens is 432 g/mol. The lowest BCUT2D eigenvalue weighted by molar-refractivity contribution is 0.00466. The summed E-state index contributed by atoms with van der Waals surface area (Å²) in [5.74, 6) is 0.667. The van der Waals surface area contributed by atoms with Crippen LogP contribution in [0.3, 0.4) is 0 Å². The molecule has 0 radical (unpaired) electrons. The van der Waals surface area contributed by atoms with E-state index in [1.54, 1.807) is 6.08 Å². The highest BCUT2D eigenvalue weighted by Gasteiger charge is 2.17. The van der Waals surface area contributed by atoms with E-state index in [9.17, 15) is 9.90 Å². The topological polar surface area (TPSA) is 92.6 Å². The Labute approximate surface area is 198 Å². The van der Waals surface area contributed by atoms with E-state index in [0.717, 1.165) is 29.9 Å². The van der Waals surface area contributed by atoms with Gasteiger partial charge in [-0.2, -0.15) is 0 Å². The number of nitrogens with one attached hydrogen (secondary N) is 1. The highest BCUT2D eigenvalue weighted by Crippen LogP contribution is 2.31. The van der Waals surface area contributed by atoms with Crippen LogP contribution in [-0.4, -0.2) is 70.1 Å². The molecule has 0 amide bonds. The number of morpholine rings is 1. The number of aromatic amines is 1. The predicted molar refractivity (Wildman–Crippen MR) is 134 cm³/mol. The Kier molecular flexibility index (Phi) is 7.74. The van der Waals surface area contributed by atoms with Gasteiger partial charge in [0.1, 0.15) is 29.5 Å². The van der Waals surface area contributed by atoms with Crippen molar-refractivity contribution in [1.29, 1.82) is 0 Å². The van der Waals surface area contributed by atoms with Gasteiger partial charge >= 0.3 is 0 Å². The van der Waals surface area contributed by atoms with E-state index in [0.29, 0.717) is 36.5 Å². The molecule has 0 bridgehead atoms. The highest BCUT2D eigenvalue weighted by atomic mass is 16.5. The van der Waals surface area contributed by atoms with Gasteiger partial charge in [0, 0.05) is 37.1 Å². The molecular formula is C26H30N4O4. The summed E-state index contributed by atoms with van der Waals surface area (Å²) < 4.78 is 13.0. The van der Waals surface area contributed by atoms with Crippen LogP contribution in [0.5, 0.6) is 5.75 Å². The van der Waals surface area contributed by atoms with Crippen LogP contribution in [0.25, 0.3) is 27.9 Å². The van der Waals surface area contributed by atoms with Crippen LogP contribution in [0.4, 0.5) is 0 Å². The van der Waals surface area contributed by atoms with Gasteiger partial charge in [0.25, 0.3) is 5.56 Å². The van der Waals surface area contributed by atoms with Crippen molar-refractivity contribution < 1.29 is 14.6 Å². The third kappa shape index (κ3) is 5.36. The first-order valence-electron chi connectivity index (χ1n) is 11.4. The van der Waals surface area contributed by atoms with E-state index in [-0.39, 0.29) is 12.2 Å². The molecule has 178 valence electrons. The van der Waals surface area contributed by atoms with E-state index in [1.807, 2.05) is 60.2 Å². The van der Waals surface area contributed by atoms with Gasteiger partial charge in [0.2, 0.25) is 0 Å². The predicted octanol–water partition coefficient (Wildman–Crippen LogP) is 3.07. The standard InChI is InChI=1S/C26H30N4O4/c1-3-5-20(6-4-2)30-16-23(24-25(30)26(32)28-18-27-24)19-7-9-22(10-8-19)34-17-21(31)15-29-11-13-33-14-12-29/h3-10,16,18,21,31H,1,11-15,17H2,2H3,(H,27,28,32)/b6-4-,20-5+. The van der Waals surface area contributed by atoms with Gasteiger partial charge in [-0.3, -0.25) is 9.69 Å².